The molecule has 1 aromatic carbocycles. The van der Waals surface area contributed by atoms with Gasteiger partial charge in [0.1, 0.15) is 5.75 Å². The first-order valence-corrected chi connectivity index (χ1v) is 6.41. The van der Waals surface area contributed by atoms with Gasteiger partial charge in [-0.1, -0.05) is 0 Å². The zero-order chi connectivity index (χ0) is 14.9. The standard InChI is InChI=1S/C14H18N2O4/c1-9-14(19)16(3)11-8-10(4-5-12(11)20-9)15(2)7-6-13(17)18/h4-5,8-9H,6-7H2,1-3H3,(H,17,18). The molecule has 108 valence electrons. The molecule has 1 aliphatic heterocycles. The molecule has 0 fully saturated rings. The molecule has 0 bridgehead atoms. The van der Waals surface area contributed by atoms with Crippen molar-refractivity contribution in [1.82, 2.24) is 0 Å². The Kier molecular flexibility index (Phi) is 3.83. The van der Waals surface area contributed by atoms with E-state index in [9.17, 15) is 9.59 Å². The van der Waals surface area contributed by atoms with Gasteiger partial charge in [-0.05, 0) is 25.1 Å². The minimum absolute atomic E-state index is 0.0654. The van der Waals surface area contributed by atoms with Gasteiger partial charge in [0, 0.05) is 26.3 Å². The number of carbonyl (C=O) groups is 2. The van der Waals surface area contributed by atoms with Crippen molar-refractivity contribution in [2.24, 2.45) is 0 Å². The van der Waals surface area contributed by atoms with Crippen LogP contribution in [0, 0.1) is 0 Å². The largest absolute Gasteiger partial charge is 0.481 e. The van der Waals surface area contributed by atoms with E-state index in [1.54, 1.807) is 24.9 Å². The van der Waals surface area contributed by atoms with E-state index in [4.69, 9.17) is 9.84 Å². The van der Waals surface area contributed by atoms with Gasteiger partial charge >= 0.3 is 5.97 Å². The van der Waals surface area contributed by atoms with Crippen LogP contribution in [0.2, 0.25) is 0 Å². The van der Waals surface area contributed by atoms with E-state index in [0.29, 0.717) is 18.0 Å². The number of benzene rings is 1. The van der Waals surface area contributed by atoms with Crippen molar-refractivity contribution in [1.29, 1.82) is 0 Å². The molecule has 1 atom stereocenters. The lowest BCUT2D eigenvalue weighted by Crippen LogP contribution is -2.42. The second-order valence-electron chi connectivity index (χ2n) is 4.87. The number of carboxylic acids is 1. The van der Waals surface area contributed by atoms with Crippen molar-refractivity contribution >= 4 is 23.3 Å². The Hall–Kier alpha value is -2.24. The second-order valence-corrected chi connectivity index (χ2v) is 4.87. The fraction of sp³-hybridized carbons (Fsp3) is 0.429. The van der Waals surface area contributed by atoms with Gasteiger partial charge in [-0.3, -0.25) is 9.59 Å². The third-order valence-electron chi connectivity index (χ3n) is 3.39. The summed E-state index contributed by atoms with van der Waals surface area (Å²) in [5, 5.41) is 8.71. The highest BCUT2D eigenvalue weighted by molar-refractivity contribution is 5.99. The average Bonchev–Trinajstić information content (AvgIpc) is 2.42. The van der Waals surface area contributed by atoms with Crippen molar-refractivity contribution in [3.05, 3.63) is 18.2 Å². The van der Waals surface area contributed by atoms with Crippen LogP contribution in [0.3, 0.4) is 0 Å². The van der Waals surface area contributed by atoms with Crippen LogP contribution in [0.15, 0.2) is 18.2 Å². The molecule has 1 unspecified atom stereocenters. The molecule has 0 radical (unpaired) electrons. The van der Waals surface area contributed by atoms with Gasteiger partial charge in [0.25, 0.3) is 5.91 Å². The molecule has 1 aromatic rings. The zero-order valence-corrected chi connectivity index (χ0v) is 11.8. The Morgan fingerprint density at radius 3 is 2.85 bits per heavy atom. The van der Waals surface area contributed by atoms with Crippen LogP contribution >= 0.6 is 0 Å². The number of rotatable bonds is 4. The van der Waals surface area contributed by atoms with E-state index in [2.05, 4.69) is 0 Å². The van der Waals surface area contributed by atoms with Crippen molar-refractivity contribution < 1.29 is 19.4 Å². The van der Waals surface area contributed by atoms with Crippen LogP contribution in [0.25, 0.3) is 0 Å². The lowest BCUT2D eigenvalue weighted by molar-refractivity contribution is -0.136. The quantitative estimate of drug-likeness (QED) is 0.900. The van der Waals surface area contributed by atoms with Crippen molar-refractivity contribution in [2.45, 2.75) is 19.4 Å². The molecule has 1 aliphatic rings. The van der Waals surface area contributed by atoms with E-state index in [-0.39, 0.29) is 12.3 Å². The molecule has 0 saturated heterocycles. The van der Waals surface area contributed by atoms with Crippen LogP contribution in [0.5, 0.6) is 5.75 Å². The summed E-state index contributed by atoms with van der Waals surface area (Å²) in [4.78, 5) is 25.9. The van der Waals surface area contributed by atoms with Gasteiger partial charge in [0.15, 0.2) is 6.10 Å². The highest BCUT2D eigenvalue weighted by Gasteiger charge is 2.29. The molecule has 6 heteroatoms. The maximum Gasteiger partial charge on any atom is 0.305 e. The predicted octanol–water partition coefficient (Wildman–Crippen LogP) is 1.34. The van der Waals surface area contributed by atoms with Gasteiger partial charge in [0.2, 0.25) is 0 Å². The number of hydrogen-bond donors (Lipinski definition) is 1. The maximum absolute atomic E-state index is 11.9. The topological polar surface area (TPSA) is 70.1 Å². The summed E-state index contributed by atoms with van der Waals surface area (Å²) in [6.45, 7) is 2.12. The zero-order valence-electron chi connectivity index (χ0n) is 11.8. The number of fused-ring (bicyclic) bond motifs is 1. The number of carboxylic acid groups (broad SMARTS) is 1. The smallest absolute Gasteiger partial charge is 0.305 e. The molecule has 2 rings (SSSR count). The molecule has 0 saturated carbocycles. The number of anilines is 2. The third kappa shape index (κ3) is 2.68. The van der Waals surface area contributed by atoms with Crippen LogP contribution in [0.4, 0.5) is 11.4 Å². The lowest BCUT2D eigenvalue weighted by Gasteiger charge is -2.31. The summed E-state index contributed by atoms with van der Waals surface area (Å²) in [5.74, 6) is -0.267. The van der Waals surface area contributed by atoms with E-state index >= 15 is 0 Å². The molecule has 0 aromatic heterocycles. The predicted molar refractivity (Wildman–Crippen MR) is 75.5 cm³/mol. The SMILES string of the molecule is CC1Oc2ccc(N(C)CCC(=O)O)cc2N(C)C1=O. The van der Waals surface area contributed by atoms with E-state index in [1.165, 1.54) is 0 Å². The Bertz CT molecular complexity index is 544. The van der Waals surface area contributed by atoms with Crippen LogP contribution in [-0.4, -0.2) is 43.7 Å². The first kappa shape index (κ1) is 14.2. The Morgan fingerprint density at radius 1 is 1.50 bits per heavy atom. The molecular weight excluding hydrogens is 260 g/mol. The highest BCUT2D eigenvalue weighted by atomic mass is 16.5. The number of likely N-dealkylation sites (N-methyl/N-ethyl adjacent to an activating group) is 1. The van der Waals surface area contributed by atoms with E-state index < -0.39 is 12.1 Å². The monoisotopic (exact) mass is 278 g/mol. The number of carbonyl (C=O) groups excluding carboxylic acids is 1. The van der Waals surface area contributed by atoms with E-state index in [1.807, 2.05) is 24.1 Å². The van der Waals surface area contributed by atoms with Gasteiger partial charge in [0.05, 0.1) is 12.1 Å². The van der Waals surface area contributed by atoms with Gasteiger partial charge in [-0.2, -0.15) is 0 Å². The molecule has 1 heterocycles. The summed E-state index contributed by atoms with van der Waals surface area (Å²) < 4.78 is 5.54. The Balaban J connectivity index is 2.23. The number of aliphatic carboxylic acids is 1. The second kappa shape index (κ2) is 5.40. The molecule has 1 N–H and O–H groups in total. The Labute approximate surface area is 117 Å². The summed E-state index contributed by atoms with van der Waals surface area (Å²) in [6.07, 6.45) is -0.418. The summed E-state index contributed by atoms with van der Waals surface area (Å²) in [6, 6.07) is 5.50. The third-order valence-corrected chi connectivity index (χ3v) is 3.39. The van der Waals surface area contributed by atoms with Crippen LogP contribution < -0.4 is 14.5 Å². The summed E-state index contributed by atoms with van der Waals surface area (Å²) in [5.41, 5.74) is 1.55. The average molecular weight is 278 g/mol. The van der Waals surface area contributed by atoms with E-state index in [0.717, 1.165) is 5.69 Å². The minimum Gasteiger partial charge on any atom is -0.481 e. The summed E-state index contributed by atoms with van der Waals surface area (Å²) >= 11 is 0. The van der Waals surface area contributed by atoms with Gasteiger partial charge < -0.3 is 19.6 Å². The fourth-order valence-corrected chi connectivity index (χ4v) is 2.13. The molecule has 0 spiro atoms. The number of nitrogens with zero attached hydrogens (tertiary/aromatic N) is 2. The van der Waals surface area contributed by atoms with Gasteiger partial charge in [-0.15, -0.1) is 0 Å². The number of hydrogen-bond acceptors (Lipinski definition) is 4. The molecular formula is C14H18N2O4. The molecule has 20 heavy (non-hydrogen) atoms. The van der Waals surface area contributed by atoms with Crippen LogP contribution in [0.1, 0.15) is 13.3 Å². The van der Waals surface area contributed by atoms with Crippen molar-refractivity contribution in [2.75, 3.05) is 30.4 Å². The normalized spacial score (nSPS) is 17.4. The first-order valence-electron chi connectivity index (χ1n) is 6.41. The molecule has 1 amide bonds. The highest BCUT2D eigenvalue weighted by Crippen LogP contribution is 2.36. The van der Waals surface area contributed by atoms with Gasteiger partial charge in [-0.25, -0.2) is 0 Å². The number of ether oxygens (including phenoxy) is 1. The summed E-state index contributed by atoms with van der Waals surface area (Å²) in [7, 11) is 3.53. The Morgan fingerprint density at radius 2 is 2.20 bits per heavy atom. The van der Waals surface area contributed by atoms with Crippen molar-refractivity contribution in [3.63, 3.8) is 0 Å². The maximum atomic E-state index is 11.9. The molecule has 0 aliphatic carbocycles. The lowest BCUT2D eigenvalue weighted by atomic mass is 10.1. The number of amides is 1. The minimum atomic E-state index is -0.834. The van der Waals surface area contributed by atoms with Crippen LogP contribution in [-0.2, 0) is 9.59 Å². The fourth-order valence-electron chi connectivity index (χ4n) is 2.13. The first-order chi connectivity index (χ1) is 9.40. The van der Waals surface area contributed by atoms with Crippen molar-refractivity contribution in [3.8, 4) is 5.75 Å². The molecule has 6 nitrogen and oxygen atoms in total.